The van der Waals surface area contributed by atoms with Crippen LogP contribution in [0.1, 0.15) is 44.9 Å². The molecule has 8 heteroatoms. The zero-order valence-electron chi connectivity index (χ0n) is 15.7. The van der Waals surface area contributed by atoms with Gasteiger partial charge in [-0.1, -0.05) is 18.5 Å². The molecule has 1 N–H and O–H groups in total. The van der Waals surface area contributed by atoms with Gasteiger partial charge in [0, 0.05) is 18.8 Å². The standard InChI is InChI=1S/C18H23ClF2N2S.CH2O2/c1-4-12(2)17(18(20)21)22-14(15-7-8-16(19)24-15)11-13(3)23-9-5-6-10-23;2-1-3/h7-8,11,18H,4-6,9-10H2,1-3H3;1H,(H,2,3)/b13-11+,17-12+,22-14-;. The van der Waals surface area contributed by atoms with E-state index < -0.39 is 6.43 Å². The Labute approximate surface area is 167 Å². The highest BCUT2D eigenvalue weighted by Gasteiger charge is 2.17. The molecule has 27 heavy (non-hydrogen) atoms. The molecule has 0 spiro atoms. The molecular formula is C19H25ClF2N2O2S. The lowest BCUT2D eigenvalue weighted by Crippen LogP contribution is -2.17. The van der Waals surface area contributed by atoms with Crippen molar-refractivity contribution in [2.24, 2.45) is 4.99 Å². The van der Waals surface area contributed by atoms with Crippen LogP contribution in [0, 0.1) is 0 Å². The summed E-state index contributed by atoms with van der Waals surface area (Å²) in [5, 5.41) is 6.89. The number of carbonyl (C=O) groups is 1. The molecular weight excluding hydrogens is 394 g/mol. The van der Waals surface area contributed by atoms with Crippen LogP contribution < -0.4 is 0 Å². The summed E-state index contributed by atoms with van der Waals surface area (Å²) in [7, 11) is 0. The lowest BCUT2D eigenvalue weighted by Gasteiger charge is -2.18. The van der Waals surface area contributed by atoms with Crippen molar-refractivity contribution < 1.29 is 18.7 Å². The molecule has 0 radical (unpaired) electrons. The Kier molecular flexibility index (Phi) is 10.3. The summed E-state index contributed by atoms with van der Waals surface area (Å²) in [4.78, 5) is 15.8. The maximum absolute atomic E-state index is 13.4. The van der Waals surface area contributed by atoms with Crippen molar-refractivity contribution in [3.63, 3.8) is 0 Å². The van der Waals surface area contributed by atoms with Gasteiger partial charge < -0.3 is 10.0 Å². The van der Waals surface area contributed by atoms with Crippen LogP contribution in [0.2, 0.25) is 4.34 Å². The molecule has 1 saturated heterocycles. The van der Waals surface area contributed by atoms with E-state index in [1.54, 1.807) is 13.0 Å². The van der Waals surface area contributed by atoms with Crippen molar-refractivity contribution in [3.05, 3.63) is 44.4 Å². The number of allylic oxidation sites excluding steroid dienone is 4. The number of alkyl halides is 2. The second-order valence-electron chi connectivity index (χ2n) is 6.01. The predicted octanol–water partition coefficient (Wildman–Crippen LogP) is 5.84. The van der Waals surface area contributed by atoms with Crippen LogP contribution in [0.3, 0.4) is 0 Å². The van der Waals surface area contributed by atoms with Gasteiger partial charge in [-0.2, -0.15) is 0 Å². The lowest BCUT2D eigenvalue weighted by molar-refractivity contribution is -0.122. The van der Waals surface area contributed by atoms with Gasteiger partial charge in [0.15, 0.2) is 0 Å². The molecule has 1 fully saturated rings. The number of nitrogens with zero attached hydrogens (tertiary/aromatic N) is 2. The first-order chi connectivity index (χ1) is 12.8. The first-order valence-electron chi connectivity index (χ1n) is 8.67. The molecule has 0 unspecified atom stereocenters. The highest BCUT2D eigenvalue weighted by atomic mass is 35.5. The van der Waals surface area contributed by atoms with Gasteiger partial charge >= 0.3 is 0 Å². The van der Waals surface area contributed by atoms with Crippen LogP contribution in [0.4, 0.5) is 8.78 Å². The maximum atomic E-state index is 13.4. The second-order valence-corrected chi connectivity index (χ2v) is 7.72. The quantitative estimate of drug-likeness (QED) is 0.466. The van der Waals surface area contributed by atoms with Crippen molar-refractivity contribution in [1.29, 1.82) is 0 Å². The molecule has 2 heterocycles. The molecule has 4 nitrogen and oxygen atoms in total. The van der Waals surface area contributed by atoms with E-state index in [1.807, 2.05) is 26.0 Å². The number of hydrogen-bond acceptors (Lipinski definition) is 4. The Balaban J connectivity index is 0.00000114. The van der Waals surface area contributed by atoms with Gasteiger partial charge in [-0.15, -0.1) is 11.3 Å². The molecule has 1 aromatic heterocycles. The van der Waals surface area contributed by atoms with Crippen LogP contribution in [-0.2, 0) is 4.79 Å². The van der Waals surface area contributed by atoms with E-state index in [9.17, 15) is 8.78 Å². The largest absolute Gasteiger partial charge is 0.483 e. The average molecular weight is 419 g/mol. The highest BCUT2D eigenvalue weighted by molar-refractivity contribution is 7.18. The summed E-state index contributed by atoms with van der Waals surface area (Å²) >= 11 is 7.39. The summed E-state index contributed by atoms with van der Waals surface area (Å²) in [6.45, 7) is 7.34. The van der Waals surface area contributed by atoms with E-state index in [4.69, 9.17) is 21.5 Å². The van der Waals surface area contributed by atoms with Crippen molar-refractivity contribution in [2.45, 2.75) is 46.5 Å². The highest BCUT2D eigenvalue weighted by Crippen LogP contribution is 2.26. The van der Waals surface area contributed by atoms with E-state index in [0.29, 0.717) is 22.0 Å². The topological polar surface area (TPSA) is 52.9 Å². The lowest BCUT2D eigenvalue weighted by atomic mass is 10.1. The summed E-state index contributed by atoms with van der Waals surface area (Å²) in [6.07, 6.45) is 2.20. The van der Waals surface area contributed by atoms with Crippen LogP contribution in [0.25, 0.3) is 0 Å². The number of rotatable bonds is 6. The van der Waals surface area contributed by atoms with E-state index in [0.717, 1.165) is 23.7 Å². The molecule has 0 bridgehead atoms. The van der Waals surface area contributed by atoms with Gasteiger partial charge in [0.05, 0.1) is 14.9 Å². The average Bonchev–Trinajstić information content (AvgIpc) is 3.30. The summed E-state index contributed by atoms with van der Waals surface area (Å²) in [6, 6.07) is 3.61. The van der Waals surface area contributed by atoms with Crippen LogP contribution >= 0.6 is 22.9 Å². The maximum Gasteiger partial charge on any atom is 0.290 e. The molecule has 2 rings (SSSR count). The minimum atomic E-state index is -2.59. The van der Waals surface area contributed by atoms with Gasteiger partial charge in [0.2, 0.25) is 0 Å². The zero-order chi connectivity index (χ0) is 20.4. The fourth-order valence-electron chi connectivity index (χ4n) is 2.61. The number of thiophene rings is 1. The third-order valence-electron chi connectivity index (χ3n) is 4.19. The second kappa shape index (κ2) is 11.9. The number of carboxylic acid groups (broad SMARTS) is 1. The fraction of sp³-hybridized carbons (Fsp3) is 0.474. The fourth-order valence-corrected chi connectivity index (χ4v) is 3.61. The summed E-state index contributed by atoms with van der Waals surface area (Å²) in [5.74, 6) is 0. The predicted molar refractivity (Wildman–Crippen MR) is 108 cm³/mol. The van der Waals surface area contributed by atoms with Crippen molar-refractivity contribution in [3.8, 4) is 0 Å². The smallest absolute Gasteiger partial charge is 0.290 e. The van der Waals surface area contributed by atoms with Gasteiger partial charge in [0.1, 0.15) is 5.70 Å². The van der Waals surface area contributed by atoms with E-state index >= 15 is 0 Å². The Morgan fingerprint density at radius 1 is 1.37 bits per heavy atom. The van der Waals surface area contributed by atoms with Gasteiger partial charge in [-0.3, -0.25) is 4.79 Å². The number of halogens is 3. The molecule has 150 valence electrons. The van der Waals surface area contributed by atoms with Crippen LogP contribution in [0.15, 0.2) is 40.2 Å². The van der Waals surface area contributed by atoms with Crippen LogP contribution in [0.5, 0.6) is 0 Å². The van der Waals surface area contributed by atoms with E-state index in [1.165, 1.54) is 24.2 Å². The Morgan fingerprint density at radius 2 is 1.96 bits per heavy atom. The van der Waals surface area contributed by atoms with E-state index in [-0.39, 0.29) is 12.2 Å². The molecule has 1 aliphatic rings. The Morgan fingerprint density at radius 3 is 2.41 bits per heavy atom. The molecule has 0 atom stereocenters. The summed E-state index contributed by atoms with van der Waals surface area (Å²) < 4.78 is 27.5. The van der Waals surface area contributed by atoms with Gasteiger partial charge in [0.25, 0.3) is 12.9 Å². The van der Waals surface area contributed by atoms with Gasteiger partial charge in [-0.25, -0.2) is 13.8 Å². The third-order valence-corrected chi connectivity index (χ3v) is 5.44. The van der Waals surface area contributed by atoms with Crippen LogP contribution in [-0.4, -0.2) is 41.7 Å². The van der Waals surface area contributed by atoms with Gasteiger partial charge in [-0.05, 0) is 56.9 Å². The molecule has 0 aliphatic carbocycles. The first-order valence-corrected chi connectivity index (χ1v) is 9.86. The number of aliphatic imine (C=N–C) groups is 1. The Hall–Kier alpha value is -1.73. The first kappa shape index (κ1) is 23.3. The molecule has 0 amide bonds. The minimum Gasteiger partial charge on any atom is -0.483 e. The monoisotopic (exact) mass is 418 g/mol. The molecule has 0 aromatic carbocycles. The molecule has 1 aliphatic heterocycles. The number of hydrogen-bond donors (Lipinski definition) is 1. The minimum absolute atomic E-state index is 0.137. The van der Waals surface area contributed by atoms with Crippen molar-refractivity contribution in [1.82, 2.24) is 4.90 Å². The Bertz CT molecular complexity index is 708. The molecule has 0 saturated carbocycles. The third kappa shape index (κ3) is 7.42. The van der Waals surface area contributed by atoms with Crippen molar-refractivity contribution >= 4 is 35.1 Å². The SMILES string of the molecule is CC/C(C)=C(/N=C(/C=C(\C)N1CCCC1)c1ccc(Cl)s1)C(F)F.O=CO. The zero-order valence-corrected chi connectivity index (χ0v) is 17.3. The number of likely N-dealkylation sites (tertiary alicyclic amines) is 1. The van der Waals surface area contributed by atoms with E-state index in [2.05, 4.69) is 9.89 Å². The van der Waals surface area contributed by atoms with Crippen molar-refractivity contribution in [2.75, 3.05) is 13.1 Å². The molecule has 1 aromatic rings. The summed E-state index contributed by atoms with van der Waals surface area (Å²) in [5.41, 5.74) is 2.08. The normalized spacial score (nSPS) is 16.2.